The Labute approximate surface area is 210 Å². The van der Waals surface area contributed by atoms with Crippen LogP contribution in [0.4, 0.5) is 0 Å². The van der Waals surface area contributed by atoms with Gasteiger partial charge in [-0.3, -0.25) is 28.8 Å². The van der Waals surface area contributed by atoms with Crippen LogP contribution in [0.1, 0.15) is 64.2 Å². The molecule has 2 N–H and O–H groups in total. The number of hydrogen-bond donors (Lipinski definition) is 2. The number of hydrogen-bond acceptors (Lipinski definition) is 10. The van der Waals surface area contributed by atoms with Gasteiger partial charge in [0.05, 0.1) is 52.1 Å². The van der Waals surface area contributed by atoms with Crippen molar-refractivity contribution in [3.8, 4) is 0 Å². The molecule has 0 saturated carbocycles. The first-order valence-corrected chi connectivity index (χ1v) is 11.8. The van der Waals surface area contributed by atoms with Crippen LogP contribution in [0.2, 0.25) is 0 Å². The predicted molar refractivity (Wildman–Crippen MR) is 123 cm³/mol. The lowest BCUT2D eigenvalue weighted by Gasteiger charge is -2.32. The summed E-state index contributed by atoms with van der Waals surface area (Å²) in [7, 11) is 4.43. The van der Waals surface area contributed by atoms with Crippen molar-refractivity contribution in [2.45, 2.75) is 64.2 Å². The van der Waals surface area contributed by atoms with E-state index in [-0.39, 0.29) is 25.7 Å². The van der Waals surface area contributed by atoms with E-state index < -0.39 is 59.5 Å². The third-order valence-electron chi connectivity index (χ3n) is 6.02. The second-order valence-corrected chi connectivity index (χ2v) is 8.34. The first-order chi connectivity index (χ1) is 17.0. The molecule has 0 aliphatic heterocycles. The minimum atomic E-state index is -1.43. The molecule has 4 unspecified atom stereocenters. The average Bonchev–Trinajstić information content (AvgIpc) is 2.85. The summed E-state index contributed by atoms with van der Waals surface area (Å²) in [4.78, 5) is 72.9. The van der Waals surface area contributed by atoms with Crippen molar-refractivity contribution in [2.24, 2.45) is 23.7 Å². The molecule has 0 saturated heterocycles. The summed E-state index contributed by atoms with van der Waals surface area (Å²) in [5.74, 6) is -10.5. The highest BCUT2D eigenvalue weighted by Crippen LogP contribution is 2.37. The normalized spacial score (nSPS) is 14.0. The van der Waals surface area contributed by atoms with Crippen LogP contribution in [0.5, 0.6) is 0 Å². The molecule has 0 heterocycles. The van der Waals surface area contributed by atoms with E-state index in [4.69, 9.17) is 29.2 Å². The Morgan fingerprint density at radius 3 is 1.06 bits per heavy atom. The summed E-state index contributed by atoms with van der Waals surface area (Å²) < 4.78 is 19.6. The van der Waals surface area contributed by atoms with E-state index in [2.05, 4.69) is 0 Å². The largest absolute Gasteiger partial charge is 0.481 e. The second kappa shape index (κ2) is 18.1. The Balaban J connectivity index is 6.11. The number of carbonyl (C=O) groups excluding carboxylic acids is 4. The van der Waals surface area contributed by atoms with Crippen molar-refractivity contribution in [3.05, 3.63) is 0 Å². The lowest BCUT2D eigenvalue weighted by molar-refractivity contribution is -0.173. The van der Waals surface area contributed by atoms with Crippen LogP contribution >= 0.6 is 0 Å². The van der Waals surface area contributed by atoms with Crippen molar-refractivity contribution in [2.75, 3.05) is 28.4 Å². The zero-order valence-electron chi connectivity index (χ0n) is 21.4. The molecule has 0 fully saturated rings. The van der Waals surface area contributed by atoms with Crippen molar-refractivity contribution >= 4 is 35.8 Å². The standard InChI is InChI=1S/C24H38O12/c1-33-21(29)15(11-7-5-9-13-17(25)26)19(23(31)35-3)20(24(32)36-4)16(22(30)34-2)12-8-6-10-14-18(27)28/h15-16,19-20H,5-14H2,1-4H3,(H,25,26)(H,27,28). The Hall–Kier alpha value is -3.18. The number of esters is 4. The number of carbonyl (C=O) groups is 6. The van der Waals surface area contributed by atoms with E-state index in [0.717, 1.165) is 28.4 Å². The van der Waals surface area contributed by atoms with Crippen molar-refractivity contribution in [3.63, 3.8) is 0 Å². The molecule has 0 bridgehead atoms. The molecule has 12 heteroatoms. The highest BCUT2D eigenvalue weighted by molar-refractivity contribution is 5.90. The number of ether oxygens (including phenoxy) is 4. The predicted octanol–water partition coefficient (Wildman–Crippen LogP) is 2.21. The second-order valence-electron chi connectivity index (χ2n) is 8.34. The molecular weight excluding hydrogens is 480 g/mol. The maximum Gasteiger partial charge on any atom is 0.310 e. The van der Waals surface area contributed by atoms with Gasteiger partial charge in [0.1, 0.15) is 0 Å². The number of aliphatic carboxylic acids is 2. The third-order valence-corrected chi connectivity index (χ3v) is 6.02. The van der Waals surface area contributed by atoms with Crippen LogP contribution < -0.4 is 0 Å². The van der Waals surface area contributed by atoms with E-state index in [1.807, 2.05) is 0 Å². The summed E-state index contributed by atoms with van der Waals surface area (Å²) in [6, 6.07) is 0. The van der Waals surface area contributed by atoms with Crippen molar-refractivity contribution < 1.29 is 57.9 Å². The molecule has 36 heavy (non-hydrogen) atoms. The van der Waals surface area contributed by atoms with Crippen LogP contribution in [0, 0.1) is 23.7 Å². The minimum Gasteiger partial charge on any atom is -0.481 e. The third kappa shape index (κ3) is 11.5. The van der Waals surface area contributed by atoms with Gasteiger partial charge in [-0.05, 0) is 25.7 Å². The SMILES string of the molecule is COC(=O)C(CCCCCC(=O)O)C(C(=O)OC)C(C(=O)OC)C(CCCCCC(=O)O)C(=O)OC. The fourth-order valence-electron chi connectivity index (χ4n) is 4.22. The number of rotatable bonds is 19. The quantitative estimate of drug-likeness (QED) is 0.145. The van der Waals surface area contributed by atoms with Gasteiger partial charge in [0.2, 0.25) is 0 Å². The molecule has 12 nitrogen and oxygen atoms in total. The number of unbranched alkanes of at least 4 members (excludes halogenated alkanes) is 4. The first-order valence-electron chi connectivity index (χ1n) is 11.8. The van der Waals surface area contributed by atoms with Gasteiger partial charge in [0.15, 0.2) is 0 Å². The zero-order valence-corrected chi connectivity index (χ0v) is 21.4. The van der Waals surface area contributed by atoms with Gasteiger partial charge in [-0.15, -0.1) is 0 Å². The molecule has 206 valence electrons. The fraction of sp³-hybridized carbons (Fsp3) is 0.750. The summed E-state index contributed by atoms with van der Waals surface area (Å²) in [6.45, 7) is 0. The Morgan fingerprint density at radius 2 is 0.806 bits per heavy atom. The van der Waals surface area contributed by atoms with Crippen molar-refractivity contribution in [1.29, 1.82) is 0 Å². The van der Waals surface area contributed by atoms with E-state index >= 15 is 0 Å². The van der Waals surface area contributed by atoms with E-state index in [0.29, 0.717) is 38.5 Å². The molecule has 0 aliphatic carbocycles. The summed E-state index contributed by atoms with van der Waals surface area (Å²) in [5.41, 5.74) is 0. The van der Waals surface area contributed by atoms with Crippen LogP contribution in [-0.4, -0.2) is 74.5 Å². The molecule has 0 aliphatic rings. The Kier molecular flexibility index (Phi) is 16.5. The van der Waals surface area contributed by atoms with Gasteiger partial charge in [-0.2, -0.15) is 0 Å². The first kappa shape index (κ1) is 32.8. The van der Waals surface area contributed by atoms with Crippen LogP contribution in [0.25, 0.3) is 0 Å². The lowest BCUT2D eigenvalue weighted by Crippen LogP contribution is -2.46. The Morgan fingerprint density at radius 1 is 0.500 bits per heavy atom. The van der Waals surface area contributed by atoms with Gasteiger partial charge in [0, 0.05) is 12.8 Å². The highest BCUT2D eigenvalue weighted by Gasteiger charge is 2.50. The van der Waals surface area contributed by atoms with Crippen LogP contribution in [0.15, 0.2) is 0 Å². The summed E-state index contributed by atoms with van der Waals surface area (Å²) >= 11 is 0. The molecule has 0 aromatic carbocycles. The Bertz CT molecular complexity index is 685. The molecule has 4 atom stereocenters. The van der Waals surface area contributed by atoms with E-state index in [1.165, 1.54) is 0 Å². The molecular formula is C24H38O12. The maximum absolute atomic E-state index is 12.9. The maximum atomic E-state index is 12.9. The highest BCUT2D eigenvalue weighted by atomic mass is 16.5. The van der Waals surface area contributed by atoms with Gasteiger partial charge >= 0.3 is 35.8 Å². The van der Waals surface area contributed by atoms with E-state index in [1.54, 1.807) is 0 Å². The number of methoxy groups -OCH3 is 4. The summed E-state index contributed by atoms with van der Waals surface area (Å²) in [6.07, 6.45) is 2.35. The van der Waals surface area contributed by atoms with E-state index in [9.17, 15) is 28.8 Å². The number of carboxylic acids is 2. The van der Waals surface area contributed by atoms with Gasteiger partial charge in [0.25, 0.3) is 0 Å². The van der Waals surface area contributed by atoms with Gasteiger partial charge in [-0.25, -0.2) is 0 Å². The molecule has 0 rings (SSSR count). The summed E-state index contributed by atoms with van der Waals surface area (Å²) in [5, 5.41) is 17.6. The molecule has 0 aromatic rings. The van der Waals surface area contributed by atoms with Gasteiger partial charge in [-0.1, -0.05) is 25.7 Å². The zero-order chi connectivity index (χ0) is 27.7. The molecule has 0 amide bonds. The van der Waals surface area contributed by atoms with Gasteiger partial charge < -0.3 is 29.2 Å². The van der Waals surface area contributed by atoms with Crippen molar-refractivity contribution in [1.82, 2.24) is 0 Å². The topological polar surface area (TPSA) is 180 Å². The average molecular weight is 519 g/mol. The fourth-order valence-corrected chi connectivity index (χ4v) is 4.22. The minimum absolute atomic E-state index is 0.0552. The monoisotopic (exact) mass is 518 g/mol. The molecule has 0 spiro atoms. The van der Waals surface area contributed by atoms with Crippen LogP contribution in [0.3, 0.4) is 0 Å². The smallest absolute Gasteiger partial charge is 0.310 e. The molecule has 0 radical (unpaired) electrons. The molecule has 0 aromatic heterocycles. The lowest BCUT2D eigenvalue weighted by atomic mass is 9.71. The van der Waals surface area contributed by atoms with Crippen LogP contribution in [-0.2, 0) is 47.7 Å². The number of carboxylic acid groups (broad SMARTS) is 2.